The van der Waals surface area contributed by atoms with Crippen molar-refractivity contribution in [2.45, 2.75) is 26.2 Å². The lowest BCUT2D eigenvalue weighted by Crippen LogP contribution is -2.21. The van der Waals surface area contributed by atoms with Crippen molar-refractivity contribution in [1.29, 1.82) is 0 Å². The lowest BCUT2D eigenvalue weighted by Gasteiger charge is -2.23. The summed E-state index contributed by atoms with van der Waals surface area (Å²) in [7, 11) is 0. The topological polar surface area (TPSA) is 17.1 Å². The Balaban J connectivity index is 2.23. The molecule has 2 rings (SSSR count). The maximum absolute atomic E-state index is 11.8. The number of ketones is 1. The van der Waals surface area contributed by atoms with E-state index in [2.05, 4.69) is 15.9 Å². The molecule has 3 heteroatoms. The monoisotopic (exact) mass is 258 g/mol. The molecule has 0 unspecified atom stereocenters. The Kier molecular flexibility index (Phi) is 2.56. The Hall–Kier alpha value is -0.150. The van der Waals surface area contributed by atoms with Gasteiger partial charge >= 0.3 is 0 Å². The van der Waals surface area contributed by atoms with Crippen molar-refractivity contribution in [3.05, 3.63) is 20.3 Å². The molecule has 1 saturated carbocycles. The molecule has 0 amide bonds. The summed E-state index contributed by atoms with van der Waals surface area (Å²) in [6.07, 6.45) is 3.40. The van der Waals surface area contributed by atoms with E-state index >= 15 is 0 Å². The second-order valence-corrected chi connectivity index (χ2v) is 6.15. The average molecular weight is 259 g/mol. The van der Waals surface area contributed by atoms with Gasteiger partial charge in [-0.15, -0.1) is 11.3 Å². The largest absolute Gasteiger partial charge is 0.294 e. The Morgan fingerprint density at radius 3 is 2.69 bits per heavy atom. The molecule has 1 heterocycles. The SMILES string of the molecule is Cc1sc(Br)cc1C(=O)C1CCC1. The van der Waals surface area contributed by atoms with Crippen LogP contribution in [-0.2, 0) is 0 Å². The third-order valence-corrected chi connectivity index (χ3v) is 4.18. The Morgan fingerprint density at radius 1 is 1.62 bits per heavy atom. The summed E-state index contributed by atoms with van der Waals surface area (Å²) < 4.78 is 1.06. The molecule has 0 radical (unpaired) electrons. The molecule has 0 bridgehead atoms. The van der Waals surface area contributed by atoms with E-state index in [0.717, 1.165) is 27.1 Å². The summed E-state index contributed by atoms with van der Waals surface area (Å²) in [6, 6.07) is 1.96. The van der Waals surface area contributed by atoms with Crippen LogP contribution in [0.5, 0.6) is 0 Å². The van der Waals surface area contributed by atoms with E-state index in [0.29, 0.717) is 11.7 Å². The van der Waals surface area contributed by atoms with Crippen LogP contribution >= 0.6 is 27.3 Å². The number of thiophene rings is 1. The molecule has 0 atom stereocenters. The minimum absolute atomic E-state index is 0.320. The van der Waals surface area contributed by atoms with Gasteiger partial charge in [0, 0.05) is 16.4 Å². The Bertz CT molecular complexity index is 339. The number of carbonyl (C=O) groups is 1. The number of hydrogen-bond donors (Lipinski definition) is 0. The molecule has 70 valence electrons. The highest BCUT2D eigenvalue weighted by atomic mass is 79.9. The van der Waals surface area contributed by atoms with Crippen molar-refractivity contribution in [3.63, 3.8) is 0 Å². The van der Waals surface area contributed by atoms with Crippen molar-refractivity contribution < 1.29 is 4.79 Å². The summed E-state index contributed by atoms with van der Waals surface area (Å²) in [6.45, 7) is 2.02. The van der Waals surface area contributed by atoms with Gasteiger partial charge in [-0.2, -0.15) is 0 Å². The van der Waals surface area contributed by atoms with E-state index in [1.807, 2.05) is 13.0 Å². The number of Topliss-reactive ketones (excluding diaryl/α,β-unsaturated/α-hetero) is 1. The molecular weight excluding hydrogens is 248 g/mol. The first-order valence-corrected chi connectivity index (χ1v) is 6.09. The molecule has 1 nitrogen and oxygen atoms in total. The number of rotatable bonds is 2. The number of halogens is 1. The fourth-order valence-corrected chi connectivity index (χ4v) is 3.28. The molecule has 1 aliphatic rings. The first kappa shape index (κ1) is 9.41. The van der Waals surface area contributed by atoms with Crippen LogP contribution in [0.1, 0.15) is 34.5 Å². The van der Waals surface area contributed by atoms with Gasteiger partial charge < -0.3 is 0 Å². The lowest BCUT2D eigenvalue weighted by molar-refractivity contribution is 0.0855. The highest BCUT2D eigenvalue weighted by molar-refractivity contribution is 9.11. The molecule has 1 aromatic rings. The lowest BCUT2D eigenvalue weighted by atomic mass is 9.80. The van der Waals surface area contributed by atoms with Gasteiger partial charge in [-0.1, -0.05) is 6.42 Å². The predicted molar refractivity (Wildman–Crippen MR) is 58.4 cm³/mol. The van der Waals surface area contributed by atoms with Gasteiger partial charge in [0.25, 0.3) is 0 Å². The standard InChI is InChI=1S/C10H11BrOS/c1-6-8(5-9(11)13-6)10(12)7-3-2-4-7/h5,7H,2-4H2,1H3. The minimum Gasteiger partial charge on any atom is -0.294 e. The third kappa shape index (κ3) is 1.72. The average Bonchev–Trinajstić information content (AvgIpc) is 2.26. The second-order valence-electron chi connectivity index (χ2n) is 3.51. The fraction of sp³-hybridized carbons (Fsp3) is 0.500. The summed E-state index contributed by atoms with van der Waals surface area (Å²) >= 11 is 5.05. The van der Waals surface area contributed by atoms with E-state index < -0.39 is 0 Å². The van der Waals surface area contributed by atoms with Gasteiger partial charge in [0.2, 0.25) is 0 Å². The molecule has 1 fully saturated rings. The van der Waals surface area contributed by atoms with Crippen molar-refractivity contribution >= 4 is 33.0 Å². The predicted octanol–water partition coefficient (Wildman–Crippen LogP) is 3.80. The molecule has 0 aromatic carbocycles. The van der Waals surface area contributed by atoms with Crippen LogP contribution < -0.4 is 0 Å². The highest BCUT2D eigenvalue weighted by Gasteiger charge is 2.27. The molecule has 1 aliphatic carbocycles. The zero-order valence-corrected chi connectivity index (χ0v) is 9.87. The maximum Gasteiger partial charge on any atom is 0.167 e. The molecule has 0 saturated heterocycles. The van der Waals surface area contributed by atoms with Crippen LogP contribution in [0, 0.1) is 12.8 Å². The number of hydrogen-bond acceptors (Lipinski definition) is 2. The molecule has 0 spiro atoms. The van der Waals surface area contributed by atoms with Crippen LogP contribution in [0.2, 0.25) is 0 Å². The van der Waals surface area contributed by atoms with Crippen LogP contribution in [0.4, 0.5) is 0 Å². The van der Waals surface area contributed by atoms with Crippen LogP contribution in [0.25, 0.3) is 0 Å². The molecule has 13 heavy (non-hydrogen) atoms. The van der Waals surface area contributed by atoms with Gasteiger partial charge in [-0.3, -0.25) is 4.79 Å². The van der Waals surface area contributed by atoms with E-state index in [1.54, 1.807) is 11.3 Å². The molecule has 0 N–H and O–H groups in total. The summed E-state index contributed by atoms with van der Waals surface area (Å²) in [4.78, 5) is 13.0. The Morgan fingerprint density at radius 2 is 2.31 bits per heavy atom. The van der Waals surface area contributed by atoms with Crippen LogP contribution in [0.3, 0.4) is 0 Å². The van der Waals surface area contributed by atoms with Crippen molar-refractivity contribution in [3.8, 4) is 0 Å². The number of aryl methyl sites for hydroxylation is 1. The minimum atomic E-state index is 0.320. The smallest absolute Gasteiger partial charge is 0.167 e. The first-order chi connectivity index (χ1) is 6.18. The van der Waals surface area contributed by atoms with Gasteiger partial charge in [-0.05, 0) is 41.8 Å². The fourth-order valence-electron chi connectivity index (χ4n) is 1.58. The van der Waals surface area contributed by atoms with Crippen molar-refractivity contribution in [2.75, 3.05) is 0 Å². The van der Waals surface area contributed by atoms with Crippen molar-refractivity contribution in [1.82, 2.24) is 0 Å². The van der Waals surface area contributed by atoms with Crippen LogP contribution in [0.15, 0.2) is 9.85 Å². The van der Waals surface area contributed by atoms with E-state index in [4.69, 9.17) is 0 Å². The van der Waals surface area contributed by atoms with Crippen molar-refractivity contribution in [2.24, 2.45) is 5.92 Å². The quantitative estimate of drug-likeness (QED) is 0.738. The third-order valence-electron chi connectivity index (χ3n) is 2.63. The zero-order valence-electron chi connectivity index (χ0n) is 7.47. The summed E-state index contributed by atoms with van der Waals surface area (Å²) in [5, 5.41) is 0. The summed E-state index contributed by atoms with van der Waals surface area (Å²) in [5.74, 6) is 0.672. The van der Waals surface area contributed by atoms with Gasteiger partial charge in [0.05, 0.1) is 3.79 Å². The molecular formula is C10H11BrOS. The maximum atomic E-state index is 11.8. The van der Waals surface area contributed by atoms with Gasteiger partial charge in [0.15, 0.2) is 5.78 Å². The molecule has 0 aliphatic heterocycles. The van der Waals surface area contributed by atoms with E-state index in [1.165, 1.54) is 6.42 Å². The molecule has 1 aromatic heterocycles. The highest BCUT2D eigenvalue weighted by Crippen LogP contribution is 2.34. The second kappa shape index (κ2) is 3.54. The van der Waals surface area contributed by atoms with E-state index in [-0.39, 0.29) is 0 Å². The van der Waals surface area contributed by atoms with Crippen LogP contribution in [-0.4, -0.2) is 5.78 Å². The normalized spacial score (nSPS) is 17.1. The van der Waals surface area contributed by atoms with Gasteiger partial charge in [0.1, 0.15) is 0 Å². The first-order valence-electron chi connectivity index (χ1n) is 4.48. The zero-order chi connectivity index (χ0) is 9.42. The van der Waals surface area contributed by atoms with E-state index in [9.17, 15) is 4.79 Å². The summed E-state index contributed by atoms with van der Waals surface area (Å²) in [5.41, 5.74) is 0.932. The number of carbonyl (C=O) groups excluding carboxylic acids is 1. The van der Waals surface area contributed by atoms with Gasteiger partial charge in [-0.25, -0.2) is 0 Å². The Labute approximate surface area is 90.3 Å².